The van der Waals surface area contributed by atoms with Gasteiger partial charge in [0.2, 0.25) is 0 Å². The van der Waals surface area contributed by atoms with Crippen molar-refractivity contribution in [2.45, 2.75) is 0 Å². The van der Waals surface area contributed by atoms with Crippen LogP contribution in [-0.4, -0.2) is 32.1 Å². The maximum absolute atomic E-state index is 11.4. The van der Waals surface area contributed by atoms with Gasteiger partial charge in [0.05, 0.1) is 0 Å². The van der Waals surface area contributed by atoms with E-state index in [0.29, 0.717) is 0 Å². The zero-order valence-electron chi connectivity index (χ0n) is 22.6. The van der Waals surface area contributed by atoms with E-state index in [-0.39, 0.29) is 11.4 Å². The standard InChI is InChI=1S/C36H23BrN2O4/c37-32-12-6-5-11-31(32)26-18-24(29-9-3-1-7-27(29)22-13-15-33(35(40)41)38-20-22)17-25(19-26)30-10-4-2-8-28(30)23-14-16-34(36(42)43)39-21-23/h1-21H,(H,40,41)(H,42,43). The summed E-state index contributed by atoms with van der Waals surface area (Å²) in [5, 5.41) is 18.7. The molecule has 0 spiro atoms. The van der Waals surface area contributed by atoms with Crippen LogP contribution in [0.15, 0.2) is 132 Å². The first kappa shape index (κ1) is 27.8. The van der Waals surface area contributed by atoms with Gasteiger partial charge in [0, 0.05) is 28.0 Å². The minimum Gasteiger partial charge on any atom is -0.477 e. The summed E-state index contributed by atoms with van der Waals surface area (Å²) in [4.78, 5) is 31.1. The predicted molar refractivity (Wildman–Crippen MR) is 171 cm³/mol. The number of benzene rings is 4. The first-order chi connectivity index (χ1) is 20.9. The fraction of sp³-hybridized carbons (Fsp3) is 0. The Labute approximate surface area is 256 Å². The quantitative estimate of drug-likeness (QED) is 0.183. The summed E-state index contributed by atoms with van der Waals surface area (Å²) in [5.41, 5.74) is 9.32. The largest absolute Gasteiger partial charge is 0.477 e. The van der Waals surface area contributed by atoms with Crippen LogP contribution in [0.5, 0.6) is 0 Å². The molecule has 0 aliphatic heterocycles. The molecular formula is C36H23BrN2O4. The number of aromatic nitrogens is 2. The first-order valence-electron chi connectivity index (χ1n) is 13.4. The first-order valence-corrected chi connectivity index (χ1v) is 14.2. The maximum atomic E-state index is 11.4. The Hall–Kier alpha value is -5.40. The third-order valence-corrected chi connectivity index (χ3v) is 7.87. The summed E-state index contributed by atoms with van der Waals surface area (Å²) in [6.45, 7) is 0. The molecule has 6 rings (SSSR count). The molecule has 6 aromatic rings. The van der Waals surface area contributed by atoms with Gasteiger partial charge < -0.3 is 10.2 Å². The number of carboxylic acid groups (broad SMARTS) is 2. The highest BCUT2D eigenvalue weighted by Gasteiger charge is 2.16. The molecule has 0 saturated carbocycles. The molecule has 0 atom stereocenters. The highest BCUT2D eigenvalue weighted by atomic mass is 79.9. The second-order valence-electron chi connectivity index (χ2n) is 9.84. The Kier molecular flexibility index (Phi) is 7.64. The van der Waals surface area contributed by atoms with Crippen molar-refractivity contribution in [3.8, 4) is 55.6 Å². The van der Waals surface area contributed by atoms with Crippen molar-refractivity contribution in [3.05, 3.63) is 144 Å². The van der Waals surface area contributed by atoms with E-state index >= 15 is 0 Å². The Morgan fingerprint density at radius 3 is 1.16 bits per heavy atom. The number of rotatable bonds is 7. The molecule has 43 heavy (non-hydrogen) atoms. The van der Waals surface area contributed by atoms with E-state index in [2.05, 4.69) is 50.2 Å². The smallest absolute Gasteiger partial charge is 0.354 e. The second kappa shape index (κ2) is 11.8. The SMILES string of the molecule is O=C(O)c1ccc(-c2ccccc2-c2cc(-c3ccccc3Br)cc(-c3ccccc3-c3ccc(C(=O)O)nc3)c2)cn1. The zero-order chi connectivity index (χ0) is 29.9. The molecular weight excluding hydrogens is 604 g/mol. The predicted octanol–water partition coefficient (Wildman–Crippen LogP) is 8.97. The third kappa shape index (κ3) is 5.71. The number of hydrogen-bond acceptors (Lipinski definition) is 4. The Morgan fingerprint density at radius 1 is 0.465 bits per heavy atom. The Bertz CT molecular complexity index is 1870. The van der Waals surface area contributed by atoms with Crippen molar-refractivity contribution in [2.75, 3.05) is 0 Å². The number of hydrogen-bond donors (Lipinski definition) is 2. The van der Waals surface area contributed by atoms with Crippen molar-refractivity contribution in [1.29, 1.82) is 0 Å². The molecule has 7 heteroatoms. The van der Waals surface area contributed by atoms with Gasteiger partial charge in [0.1, 0.15) is 11.4 Å². The van der Waals surface area contributed by atoms with Crippen LogP contribution in [0.25, 0.3) is 55.6 Å². The number of nitrogens with zero attached hydrogens (tertiary/aromatic N) is 2. The fourth-order valence-corrected chi connectivity index (χ4v) is 5.64. The van der Waals surface area contributed by atoms with Gasteiger partial charge in [-0.25, -0.2) is 19.6 Å². The van der Waals surface area contributed by atoms with Crippen molar-refractivity contribution in [3.63, 3.8) is 0 Å². The lowest BCUT2D eigenvalue weighted by atomic mass is 9.88. The third-order valence-electron chi connectivity index (χ3n) is 7.18. The molecule has 2 heterocycles. The Balaban J connectivity index is 1.56. The molecule has 0 radical (unpaired) electrons. The summed E-state index contributed by atoms with van der Waals surface area (Å²) >= 11 is 3.72. The van der Waals surface area contributed by atoms with Gasteiger partial charge in [0.25, 0.3) is 0 Å². The molecule has 0 unspecified atom stereocenters. The van der Waals surface area contributed by atoms with Gasteiger partial charge in [0.15, 0.2) is 0 Å². The highest BCUT2D eigenvalue weighted by molar-refractivity contribution is 9.10. The molecule has 4 aromatic carbocycles. The number of carboxylic acids is 2. The van der Waals surface area contributed by atoms with E-state index in [1.54, 1.807) is 24.5 Å². The molecule has 0 fully saturated rings. The van der Waals surface area contributed by atoms with Crippen molar-refractivity contribution in [2.24, 2.45) is 0 Å². The van der Waals surface area contributed by atoms with Gasteiger partial charge >= 0.3 is 11.9 Å². The summed E-state index contributed by atoms with van der Waals surface area (Å²) < 4.78 is 0.960. The van der Waals surface area contributed by atoms with Crippen LogP contribution in [0.4, 0.5) is 0 Å². The van der Waals surface area contributed by atoms with Crippen molar-refractivity contribution < 1.29 is 19.8 Å². The minimum atomic E-state index is -1.07. The van der Waals surface area contributed by atoms with E-state index in [1.165, 1.54) is 12.1 Å². The van der Waals surface area contributed by atoms with Gasteiger partial charge in [-0.3, -0.25) is 0 Å². The van der Waals surface area contributed by atoms with Gasteiger partial charge in [-0.2, -0.15) is 0 Å². The molecule has 208 valence electrons. The molecule has 0 bridgehead atoms. The molecule has 2 aromatic heterocycles. The summed E-state index contributed by atoms with van der Waals surface area (Å²) in [6, 6.07) is 37.0. The second-order valence-corrected chi connectivity index (χ2v) is 10.7. The van der Waals surface area contributed by atoms with E-state index in [1.807, 2.05) is 66.7 Å². The maximum Gasteiger partial charge on any atom is 0.354 e. The zero-order valence-corrected chi connectivity index (χ0v) is 24.2. The average molecular weight is 627 g/mol. The van der Waals surface area contributed by atoms with Crippen molar-refractivity contribution >= 4 is 27.9 Å². The topological polar surface area (TPSA) is 100 Å². The number of pyridine rings is 2. The lowest BCUT2D eigenvalue weighted by Crippen LogP contribution is -1.99. The lowest BCUT2D eigenvalue weighted by Gasteiger charge is -2.17. The van der Waals surface area contributed by atoms with Crippen molar-refractivity contribution in [1.82, 2.24) is 9.97 Å². The molecule has 0 aliphatic carbocycles. The highest BCUT2D eigenvalue weighted by Crippen LogP contribution is 2.41. The fourth-order valence-electron chi connectivity index (χ4n) is 5.12. The van der Waals surface area contributed by atoms with Gasteiger partial charge in [-0.15, -0.1) is 0 Å². The van der Waals surface area contributed by atoms with E-state index in [9.17, 15) is 19.8 Å². The summed E-state index contributed by atoms with van der Waals surface area (Å²) in [7, 11) is 0. The minimum absolute atomic E-state index is 0.0121. The van der Waals surface area contributed by atoms with E-state index < -0.39 is 11.9 Å². The molecule has 0 aliphatic rings. The van der Waals surface area contributed by atoms with Crippen LogP contribution in [0.2, 0.25) is 0 Å². The Morgan fingerprint density at radius 2 is 0.814 bits per heavy atom. The van der Waals surface area contributed by atoms with E-state index in [0.717, 1.165) is 60.1 Å². The van der Waals surface area contributed by atoms with Crippen LogP contribution in [0.3, 0.4) is 0 Å². The van der Waals surface area contributed by atoms with Crippen LogP contribution >= 0.6 is 15.9 Å². The molecule has 2 N–H and O–H groups in total. The molecule has 0 amide bonds. The van der Waals surface area contributed by atoms with E-state index in [4.69, 9.17) is 0 Å². The van der Waals surface area contributed by atoms with Crippen LogP contribution in [0, 0.1) is 0 Å². The number of halogens is 1. The van der Waals surface area contributed by atoms with Gasteiger partial charge in [-0.05, 0) is 80.9 Å². The normalized spacial score (nSPS) is 10.8. The number of carbonyl (C=O) groups is 2. The number of aromatic carboxylic acids is 2. The van der Waals surface area contributed by atoms with Crippen LogP contribution in [0.1, 0.15) is 21.0 Å². The average Bonchev–Trinajstić information content (AvgIpc) is 3.05. The molecule has 0 saturated heterocycles. The van der Waals surface area contributed by atoms with Gasteiger partial charge in [-0.1, -0.05) is 94.8 Å². The van der Waals surface area contributed by atoms with Crippen LogP contribution in [-0.2, 0) is 0 Å². The molecule has 6 nitrogen and oxygen atoms in total. The summed E-state index contributed by atoms with van der Waals surface area (Å²) in [6.07, 6.45) is 3.17. The lowest BCUT2D eigenvalue weighted by molar-refractivity contribution is 0.0680. The monoisotopic (exact) mass is 626 g/mol. The summed E-state index contributed by atoms with van der Waals surface area (Å²) in [5.74, 6) is -2.14. The van der Waals surface area contributed by atoms with Crippen LogP contribution < -0.4 is 0 Å².